The van der Waals surface area contributed by atoms with Gasteiger partial charge >= 0.3 is 0 Å². The molecule has 0 aliphatic heterocycles. The summed E-state index contributed by atoms with van der Waals surface area (Å²) < 4.78 is 2.16. The molecule has 15 heavy (non-hydrogen) atoms. The normalized spacial score (nSPS) is 13.3. The van der Waals surface area contributed by atoms with Crippen LogP contribution in [0.15, 0.2) is 24.3 Å². The fourth-order valence-electron chi connectivity index (χ4n) is 1.94. The van der Waals surface area contributed by atoms with Gasteiger partial charge in [-0.3, -0.25) is 0 Å². The van der Waals surface area contributed by atoms with Gasteiger partial charge < -0.3 is 4.57 Å². The van der Waals surface area contributed by atoms with Gasteiger partial charge in [-0.25, -0.2) is 0 Å². The summed E-state index contributed by atoms with van der Waals surface area (Å²) in [6.07, 6.45) is 2.11. The summed E-state index contributed by atoms with van der Waals surface area (Å²) in [5.41, 5.74) is 1.26. The zero-order valence-corrected chi connectivity index (χ0v) is 10.2. The van der Waals surface area contributed by atoms with Crippen LogP contribution in [0, 0.1) is 0 Å². The summed E-state index contributed by atoms with van der Waals surface area (Å²) in [6.45, 7) is 6.31. The number of para-hydroxylation sites is 1. The van der Waals surface area contributed by atoms with Gasteiger partial charge in [-0.1, -0.05) is 24.8 Å². The Balaban J connectivity index is 3.11. The Morgan fingerprint density at radius 3 is 2.67 bits per heavy atom. The second kappa shape index (κ2) is 3.78. The summed E-state index contributed by atoms with van der Waals surface area (Å²) in [7, 11) is 2.07. The lowest BCUT2D eigenvalue weighted by atomic mass is 10.2. The second-order valence-corrected chi connectivity index (χ2v) is 4.68. The van der Waals surface area contributed by atoms with Gasteiger partial charge in [-0.15, -0.1) is 11.8 Å². The smallest absolute Gasteiger partial charge is 0.0488 e. The summed E-state index contributed by atoms with van der Waals surface area (Å²) in [6, 6.07) is 8.46. The van der Waals surface area contributed by atoms with Crippen LogP contribution in [-0.4, -0.2) is 10.8 Å². The Morgan fingerprint density at radius 2 is 2.00 bits per heavy atom. The molecule has 0 unspecified atom stereocenters. The molecule has 0 amide bonds. The first-order valence-corrected chi connectivity index (χ1v) is 6.16. The highest BCUT2D eigenvalue weighted by atomic mass is 32.2. The van der Waals surface area contributed by atoms with Gasteiger partial charge in [0.2, 0.25) is 0 Å². The van der Waals surface area contributed by atoms with Crippen molar-refractivity contribution in [1.82, 2.24) is 4.57 Å². The molecule has 0 fully saturated rings. The van der Waals surface area contributed by atoms with E-state index >= 15 is 0 Å². The fraction of sp³-hybridized carbons (Fsp3) is 0.231. The van der Waals surface area contributed by atoms with Crippen molar-refractivity contribution in [2.75, 3.05) is 6.26 Å². The van der Waals surface area contributed by atoms with Crippen molar-refractivity contribution < 1.29 is 0 Å². The highest BCUT2D eigenvalue weighted by molar-refractivity contribution is 8.07. The Morgan fingerprint density at radius 1 is 1.33 bits per heavy atom. The second-order valence-electron chi connectivity index (χ2n) is 3.66. The van der Waals surface area contributed by atoms with E-state index in [9.17, 15) is 0 Å². The van der Waals surface area contributed by atoms with Crippen molar-refractivity contribution in [2.45, 2.75) is 6.92 Å². The van der Waals surface area contributed by atoms with Crippen molar-refractivity contribution in [3.8, 4) is 0 Å². The van der Waals surface area contributed by atoms with Gasteiger partial charge in [0.25, 0.3) is 0 Å². The van der Waals surface area contributed by atoms with E-state index in [0.29, 0.717) is 0 Å². The minimum Gasteiger partial charge on any atom is -0.344 e. The predicted octanol–water partition coefficient (Wildman–Crippen LogP) is 2.08. The van der Waals surface area contributed by atoms with Crippen LogP contribution in [0.25, 0.3) is 22.4 Å². The van der Waals surface area contributed by atoms with Gasteiger partial charge in [0.1, 0.15) is 0 Å². The van der Waals surface area contributed by atoms with Crippen LogP contribution in [0.4, 0.5) is 0 Å². The van der Waals surface area contributed by atoms with Crippen LogP contribution in [0.3, 0.4) is 0 Å². The number of aromatic nitrogens is 1. The molecule has 0 spiro atoms. The van der Waals surface area contributed by atoms with E-state index in [-0.39, 0.29) is 0 Å². The molecule has 0 saturated heterocycles. The average Bonchev–Trinajstić information content (AvgIpc) is 2.52. The maximum Gasteiger partial charge on any atom is 0.0488 e. The molecule has 0 aliphatic carbocycles. The first kappa shape index (κ1) is 10.4. The number of thioether (sulfide) groups is 1. The van der Waals surface area contributed by atoms with Crippen LogP contribution in [0.1, 0.15) is 6.92 Å². The van der Waals surface area contributed by atoms with Gasteiger partial charge in [0.05, 0.1) is 0 Å². The van der Waals surface area contributed by atoms with E-state index in [1.54, 1.807) is 11.8 Å². The molecular weight excluding hydrogens is 202 g/mol. The number of nitrogens with zero attached hydrogens (tertiary/aromatic N) is 1. The van der Waals surface area contributed by atoms with E-state index < -0.39 is 0 Å². The number of hydrogen-bond acceptors (Lipinski definition) is 1. The van der Waals surface area contributed by atoms with Crippen molar-refractivity contribution in [3.63, 3.8) is 0 Å². The minimum absolute atomic E-state index is 1.10. The molecule has 1 aromatic carbocycles. The molecule has 1 aromatic heterocycles. The highest BCUT2D eigenvalue weighted by Gasteiger charge is 2.03. The van der Waals surface area contributed by atoms with Crippen molar-refractivity contribution in [1.29, 1.82) is 0 Å². The SMILES string of the molecule is C=c1/c(=C(\C)SC)c2ccccc2n1C. The number of hydrogen-bond donors (Lipinski definition) is 0. The monoisotopic (exact) mass is 217 g/mol. The number of rotatable bonds is 1. The van der Waals surface area contributed by atoms with Crippen LogP contribution < -0.4 is 10.6 Å². The zero-order chi connectivity index (χ0) is 11.0. The predicted molar refractivity (Wildman–Crippen MR) is 70.3 cm³/mol. The van der Waals surface area contributed by atoms with Crippen molar-refractivity contribution in [2.24, 2.45) is 7.05 Å². The zero-order valence-electron chi connectivity index (χ0n) is 9.37. The molecular formula is C13H15NS. The molecule has 2 heteroatoms. The Bertz CT molecular complexity index is 607. The third-order valence-electron chi connectivity index (χ3n) is 2.89. The van der Waals surface area contributed by atoms with Crippen molar-refractivity contribution >= 4 is 34.1 Å². The summed E-state index contributed by atoms with van der Waals surface area (Å²) in [5, 5.41) is 3.69. The number of benzene rings is 1. The van der Waals surface area contributed by atoms with Crippen LogP contribution in [0.2, 0.25) is 0 Å². The van der Waals surface area contributed by atoms with Crippen LogP contribution in [-0.2, 0) is 7.05 Å². The molecule has 1 heterocycles. The van der Waals surface area contributed by atoms with E-state index in [1.807, 2.05) is 0 Å². The maximum absolute atomic E-state index is 4.16. The van der Waals surface area contributed by atoms with Crippen LogP contribution >= 0.6 is 11.8 Å². The van der Waals surface area contributed by atoms with Gasteiger partial charge in [0.15, 0.2) is 0 Å². The van der Waals surface area contributed by atoms with E-state index in [2.05, 4.69) is 55.6 Å². The summed E-state index contributed by atoms with van der Waals surface area (Å²) in [4.78, 5) is 1.33. The topological polar surface area (TPSA) is 4.93 Å². The first-order chi connectivity index (χ1) is 7.16. The van der Waals surface area contributed by atoms with E-state index in [4.69, 9.17) is 0 Å². The van der Waals surface area contributed by atoms with Crippen LogP contribution in [0.5, 0.6) is 0 Å². The quantitative estimate of drug-likeness (QED) is 0.708. The number of aryl methyl sites for hydroxylation is 1. The molecule has 78 valence electrons. The summed E-state index contributed by atoms with van der Waals surface area (Å²) in [5.74, 6) is 0. The highest BCUT2D eigenvalue weighted by Crippen LogP contribution is 2.12. The molecule has 0 N–H and O–H groups in total. The van der Waals surface area contributed by atoms with E-state index in [1.165, 1.54) is 21.0 Å². The van der Waals surface area contributed by atoms with E-state index in [0.717, 1.165) is 5.35 Å². The van der Waals surface area contributed by atoms with Gasteiger partial charge in [0, 0.05) is 28.5 Å². The average molecular weight is 217 g/mol. The molecule has 0 bridgehead atoms. The lowest BCUT2D eigenvalue weighted by Crippen LogP contribution is -2.27. The Labute approximate surface area is 94.1 Å². The molecule has 2 aromatic rings. The van der Waals surface area contributed by atoms with Gasteiger partial charge in [-0.05, 0) is 24.2 Å². The molecule has 0 atom stereocenters. The van der Waals surface area contributed by atoms with Crippen molar-refractivity contribution in [3.05, 3.63) is 34.8 Å². The third-order valence-corrected chi connectivity index (χ3v) is 3.70. The standard InChI is InChI=1S/C13H15NS/c1-9-13(10(2)15-4)11-7-5-6-8-12(11)14(9)3/h5-8H,1H2,2-4H3/b13-10-. The Kier molecular flexibility index (Phi) is 2.61. The molecule has 0 saturated carbocycles. The lowest BCUT2D eigenvalue weighted by Gasteiger charge is -1.93. The Hall–Kier alpha value is -1.15. The maximum atomic E-state index is 4.16. The molecule has 0 aliphatic rings. The van der Waals surface area contributed by atoms with Gasteiger partial charge in [-0.2, -0.15) is 0 Å². The fourth-order valence-corrected chi connectivity index (χ4v) is 2.37. The molecule has 1 nitrogen and oxygen atoms in total. The molecule has 2 rings (SSSR count). The summed E-state index contributed by atoms with van der Waals surface area (Å²) >= 11 is 1.78. The third kappa shape index (κ3) is 1.49. The lowest BCUT2D eigenvalue weighted by molar-refractivity contribution is 0.928. The molecule has 0 radical (unpaired) electrons. The largest absolute Gasteiger partial charge is 0.344 e. The minimum atomic E-state index is 1.10. The number of fused-ring (bicyclic) bond motifs is 1. The first-order valence-electron chi connectivity index (χ1n) is 4.94.